The molecule has 0 aliphatic rings. The first-order valence-corrected chi connectivity index (χ1v) is 5.08. The number of nitro benzene ring substituents is 1. The highest BCUT2D eigenvalue weighted by Gasteiger charge is 2.21. The Balaban J connectivity index is 3.34. The molecule has 82 valence electrons. The molecule has 7 heteroatoms. The van der Waals surface area contributed by atoms with Crippen LogP contribution in [0.2, 0.25) is 0 Å². The zero-order chi connectivity index (χ0) is 11.6. The lowest BCUT2D eigenvalue weighted by Gasteiger charge is -2.11. The molecule has 4 N–H and O–H groups in total. The van der Waals surface area contributed by atoms with Gasteiger partial charge < -0.3 is 15.9 Å². The molecule has 0 saturated heterocycles. The van der Waals surface area contributed by atoms with Crippen molar-refractivity contribution in [2.24, 2.45) is 5.73 Å². The van der Waals surface area contributed by atoms with Gasteiger partial charge in [-0.25, -0.2) is 0 Å². The molecule has 0 radical (unpaired) electrons. The molecule has 1 atom stereocenters. The Bertz CT molecular complexity index is 396. The van der Waals surface area contributed by atoms with Crippen LogP contribution >= 0.6 is 22.6 Å². The number of phenols is 1. The summed E-state index contributed by atoms with van der Waals surface area (Å²) in [6, 6.07) is 1.92. The van der Waals surface area contributed by atoms with Crippen LogP contribution < -0.4 is 5.73 Å². The molecule has 0 amide bonds. The molecule has 0 bridgehead atoms. The van der Waals surface area contributed by atoms with Crippen LogP contribution in [0.5, 0.6) is 5.75 Å². The van der Waals surface area contributed by atoms with Crippen molar-refractivity contribution in [3.05, 3.63) is 31.4 Å². The predicted molar refractivity (Wildman–Crippen MR) is 61.5 cm³/mol. The van der Waals surface area contributed by atoms with Gasteiger partial charge in [-0.3, -0.25) is 10.1 Å². The normalized spacial score (nSPS) is 12.5. The summed E-state index contributed by atoms with van der Waals surface area (Å²) in [6.45, 7) is -0.384. The van der Waals surface area contributed by atoms with Crippen molar-refractivity contribution in [3.8, 4) is 5.75 Å². The molecule has 15 heavy (non-hydrogen) atoms. The van der Waals surface area contributed by atoms with Crippen LogP contribution in [-0.4, -0.2) is 21.7 Å². The molecular formula is C8H9IN2O4. The minimum atomic E-state index is -0.821. The molecular weight excluding hydrogens is 315 g/mol. The van der Waals surface area contributed by atoms with E-state index in [9.17, 15) is 15.2 Å². The van der Waals surface area contributed by atoms with E-state index in [0.717, 1.165) is 0 Å². The van der Waals surface area contributed by atoms with Gasteiger partial charge in [-0.05, 0) is 28.7 Å². The van der Waals surface area contributed by atoms with Gasteiger partial charge in [0.05, 0.1) is 17.6 Å². The number of aliphatic hydroxyl groups is 1. The first kappa shape index (κ1) is 12.1. The topological polar surface area (TPSA) is 110 Å². The fourth-order valence-electron chi connectivity index (χ4n) is 1.13. The highest BCUT2D eigenvalue weighted by Crippen LogP contribution is 2.34. The van der Waals surface area contributed by atoms with E-state index in [-0.39, 0.29) is 12.2 Å². The number of nitro groups is 1. The quantitative estimate of drug-likeness (QED) is 0.435. The third kappa shape index (κ3) is 2.55. The van der Waals surface area contributed by atoms with E-state index in [1.165, 1.54) is 12.1 Å². The lowest BCUT2D eigenvalue weighted by Crippen LogP contribution is -2.15. The summed E-state index contributed by atoms with van der Waals surface area (Å²) in [5.41, 5.74) is 5.27. The van der Waals surface area contributed by atoms with Crippen LogP contribution in [-0.2, 0) is 0 Å². The predicted octanol–water partition coefficient (Wildman–Crippen LogP) is 0.897. The molecule has 0 aliphatic heterocycles. The number of nitrogens with two attached hydrogens (primary N) is 1. The van der Waals surface area contributed by atoms with Gasteiger partial charge in [0.15, 0.2) is 5.75 Å². The average Bonchev–Trinajstić information content (AvgIpc) is 2.19. The molecule has 0 fully saturated rings. The van der Waals surface area contributed by atoms with E-state index in [1.807, 2.05) is 22.6 Å². The number of phenolic OH excluding ortho intramolecular Hbond substituents is 1. The Labute approximate surface area is 99.0 Å². The molecule has 0 saturated carbocycles. The standard InChI is InChI=1S/C8H9IN2O4/c9-4-1-5(6(10)3-12)8(13)7(2-4)11(14)15/h1-2,6,12-13H,3,10H2. The number of hydrogen-bond donors (Lipinski definition) is 3. The maximum absolute atomic E-state index is 10.6. The zero-order valence-electron chi connectivity index (χ0n) is 7.55. The molecule has 6 nitrogen and oxygen atoms in total. The lowest BCUT2D eigenvalue weighted by molar-refractivity contribution is -0.386. The molecule has 1 aromatic carbocycles. The molecule has 1 rings (SSSR count). The largest absolute Gasteiger partial charge is 0.502 e. The highest BCUT2D eigenvalue weighted by atomic mass is 127. The van der Waals surface area contributed by atoms with Gasteiger partial charge in [0.2, 0.25) is 0 Å². The minimum Gasteiger partial charge on any atom is -0.502 e. The van der Waals surface area contributed by atoms with E-state index in [4.69, 9.17) is 10.8 Å². The van der Waals surface area contributed by atoms with E-state index in [0.29, 0.717) is 3.57 Å². The fraction of sp³-hybridized carbons (Fsp3) is 0.250. The number of aromatic hydroxyl groups is 1. The van der Waals surface area contributed by atoms with Gasteiger partial charge in [-0.15, -0.1) is 0 Å². The van der Waals surface area contributed by atoms with Crippen LogP contribution in [0.25, 0.3) is 0 Å². The number of benzene rings is 1. The molecule has 0 spiro atoms. The van der Waals surface area contributed by atoms with Crippen molar-refractivity contribution < 1.29 is 15.1 Å². The van der Waals surface area contributed by atoms with Crippen molar-refractivity contribution in [2.75, 3.05) is 6.61 Å². The zero-order valence-corrected chi connectivity index (χ0v) is 9.71. The molecule has 0 aromatic heterocycles. The smallest absolute Gasteiger partial charge is 0.312 e. The van der Waals surface area contributed by atoms with Gasteiger partial charge in [0.1, 0.15) is 0 Å². The lowest BCUT2D eigenvalue weighted by atomic mass is 10.1. The van der Waals surface area contributed by atoms with Gasteiger partial charge in [0, 0.05) is 15.2 Å². The summed E-state index contributed by atoms with van der Waals surface area (Å²) in [5, 5.41) is 28.9. The molecule has 1 unspecified atom stereocenters. The van der Waals surface area contributed by atoms with E-state index in [1.54, 1.807) is 0 Å². The Morgan fingerprint density at radius 2 is 2.20 bits per heavy atom. The number of rotatable bonds is 3. The number of hydrogen-bond acceptors (Lipinski definition) is 5. The Hall–Kier alpha value is -0.930. The summed E-state index contributed by atoms with van der Waals surface area (Å²) in [4.78, 5) is 9.89. The van der Waals surface area contributed by atoms with Crippen molar-refractivity contribution in [1.29, 1.82) is 0 Å². The number of halogens is 1. The first-order chi connectivity index (χ1) is 6.97. The Kier molecular flexibility index (Phi) is 3.83. The van der Waals surface area contributed by atoms with Crippen molar-refractivity contribution >= 4 is 28.3 Å². The van der Waals surface area contributed by atoms with Crippen LogP contribution in [0.1, 0.15) is 11.6 Å². The monoisotopic (exact) mass is 324 g/mol. The van der Waals surface area contributed by atoms with E-state index in [2.05, 4.69) is 0 Å². The maximum Gasteiger partial charge on any atom is 0.312 e. The Morgan fingerprint density at radius 1 is 1.60 bits per heavy atom. The summed E-state index contributed by atoms with van der Waals surface area (Å²) < 4.78 is 0.580. The summed E-state index contributed by atoms with van der Waals surface area (Å²) in [7, 11) is 0. The first-order valence-electron chi connectivity index (χ1n) is 4.00. The van der Waals surface area contributed by atoms with Crippen molar-refractivity contribution in [2.45, 2.75) is 6.04 Å². The van der Waals surface area contributed by atoms with Gasteiger partial charge in [-0.1, -0.05) is 0 Å². The third-order valence-corrected chi connectivity index (χ3v) is 2.50. The molecule has 1 aromatic rings. The van der Waals surface area contributed by atoms with Crippen molar-refractivity contribution in [1.82, 2.24) is 0 Å². The van der Waals surface area contributed by atoms with Crippen LogP contribution in [0.4, 0.5) is 5.69 Å². The van der Waals surface area contributed by atoms with Gasteiger partial charge in [-0.2, -0.15) is 0 Å². The fourth-order valence-corrected chi connectivity index (χ4v) is 1.76. The Morgan fingerprint density at radius 3 is 2.67 bits per heavy atom. The second-order valence-electron chi connectivity index (χ2n) is 2.91. The van der Waals surface area contributed by atoms with Gasteiger partial charge >= 0.3 is 5.69 Å². The molecule has 0 aliphatic carbocycles. The summed E-state index contributed by atoms with van der Waals surface area (Å²) in [5.74, 6) is -0.484. The second kappa shape index (κ2) is 4.73. The SMILES string of the molecule is NC(CO)c1cc(I)cc([N+](=O)[O-])c1O. The minimum absolute atomic E-state index is 0.177. The van der Waals surface area contributed by atoms with Crippen molar-refractivity contribution in [3.63, 3.8) is 0 Å². The number of aliphatic hydroxyl groups excluding tert-OH is 1. The van der Waals surface area contributed by atoms with Crippen LogP contribution in [0.3, 0.4) is 0 Å². The third-order valence-electron chi connectivity index (χ3n) is 1.88. The van der Waals surface area contributed by atoms with E-state index >= 15 is 0 Å². The van der Waals surface area contributed by atoms with Crippen LogP contribution in [0, 0.1) is 13.7 Å². The summed E-state index contributed by atoms with van der Waals surface area (Å²) in [6.07, 6.45) is 0. The summed E-state index contributed by atoms with van der Waals surface area (Å²) >= 11 is 1.88. The maximum atomic E-state index is 10.6. The molecule has 0 heterocycles. The second-order valence-corrected chi connectivity index (χ2v) is 4.15. The highest BCUT2D eigenvalue weighted by molar-refractivity contribution is 14.1. The van der Waals surface area contributed by atoms with Crippen LogP contribution in [0.15, 0.2) is 12.1 Å². The average molecular weight is 324 g/mol. The van der Waals surface area contributed by atoms with E-state index < -0.39 is 22.4 Å². The van der Waals surface area contributed by atoms with Gasteiger partial charge in [0.25, 0.3) is 0 Å². The number of nitrogens with zero attached hydrogens (tertiary/aromatic N) is 1.